The van der Waals surface area contributed by atoms with E-state index in [1.54, 1.807) is 11.8 Å². The van der Waals surface area contributed by atoms with Crippen LogP contribution in [0.4, 0.5) is 0 Å². The second-order valence-electron chi connectivity index (χ2n) is 7.99. The number of benzene rings is 1. The fourth-order valence-corrected chi connectivity index (χ4v) is 4.34. The summed E-state index contributed by atoms with van der Waals surface area (Å²) in [5.41, 5.74) is 0.610. The number of amides is 2. The molecule has 1 atom stereocenters. The van der Waals surface area contributed by atoms with Gasteiger partial charge in [0.05, 0.1) is 11.6 Å². The topological polar surface area (TPSA) is 94.2 Å². The molecule has 8 heteroatoms. The van der Waals surface area contributed by atoms with Crippen LogP contribution in [0.25, 0.3) is 0 Å². The Bertz CT molecular complexity index is 930. The van der Waals surface area contributed by atoms with Gasteiger partial charge < -0.3 is 24.4 Å². The van der Waals surface area contributed by atoms with Gasteiger partial charge in [-0.15, -0.1) is 0 Å². The lowest BCUT2D eigenvalue weighted by molar-refractivity contribution is -0.152. The lowest BCUT2D eigenvalue weighted by Gasteiger charge is -2.39. The van der Waals surface area contributed by atoms with Crippen LogP contribution in [-0.4, -0.2) is 54.6 Å². The minimum Gasteiger partial charge on any atom is -0.486 e. The number of carbonyl (C=O) groups excluding carboxylic acids is 3. The minimum absolute atomic E-state index is 0.0203. The van der Waals surface area contributed by atoms with Gasteiger partial charge in [0.1, 0.15) is 18.8 Å². The molecule has 1 N–H and O–H groups in total. The van der Waals surface area contributed by atoms with E-state index in [2.05, 4.69) is 5.32 Å². The highest BCUT2D eigenvalue weighted by atomic mass is 16.6. The summed E-state index contributed by atoms with van der Waals surface area (Å²) in [6, 6.07) is 5.27. The molecule has 1 unspecified atom stereocenters. The third-order valence-electron chi connectivity index (χ3n) is 6.08. The van der Waals surface area contributed by atoms with Crippen LogP contribution in [0.1, 0.15) is 45.2 Å². The van der Waals surface area contributed by atoms with Crippen LogP contribution in [0.5, 0.6) is 11.5 Å². The van der Waals surface area contributed by atoms with E-state index in [4.69, 9.17) is 14.2 Å². The molecule has 1 aromatic carbocycles. The first-order valence-corrected chi connectivity index (χ1v) is 10.2. The number of hydrogen-bond acceptors (Lipinski definition) is 6. The summed E-state index contributed by atoms with van der Waals surface area (Å²) in [4.78, 5) is 38.9. The smallest absolute Gasteiger partial charge is 0.335 e. The third kappa shape index (κ3) is 3.51. The molecule has 160 valence electrons. The largest absolute Gasteiger partial charge is 0.486 e. The predicted octanol–water partition coefficient (Wildman–Crippen LogP) is 1.89. The van der Waals surface area contributed by atoms with Crippen molar-refractivity contribution in [3.05, 3.63) is 34.9 Å². The molecular formula is C22H26N2O6. The summed E-state index contributed by atoms with van der Waals surface area (Å²) in [7, 11) is 0. The van der Waals surface area contributed by atoms with Crippen molar-refractivity contribution in [3.63, 3.8) is 0 Å². The summed E-state index contributed by atoms with van der Waals surface area (Å²) >= 11 is 0. The first-order chi connectivity index (χ1) is 14.3. The maximum atomic E-state index is 13.2. The van der Waals surface area contributed by atoms with Crippen molar-refractivity contribution in [2.24, 2.45) is 0 Å². The van der Waals surface area contributed by atoms with Crippen molar-refractivity contribution < 1.29 is 28.6 Å². The van der Waals surface area contributed by atoms with E-state index >= 15 is 0 Å². The van der Waals surface area contributed by atoms with Gasteiger partial charge in [-0.2, -0.15) is 0 Å². The zero-order valence-electron chi connectivity index (χ0n) is 17.4. The zero-order chi connectivity index (χ0) is 21.5. The number of nitrogens with zero attached hydrogens (tertiary/aromatic N) is 1. The molecular weight excluding hydrogens is 388 g/mol. The van der Waals surface area contributed by atoms with Crippen molar-refractivity contribution >= 4 is 17.8 Å². The molecule has 1 spiro atoms. The SMILES string of the molecule is CC(=O)N1CCC2(CC1)OC(=O)C(C)=C2C(=O)NC(C)c1ccc2c(c1)OCCO2. The Kier molecular flexibility index (Phi) is 5.17. The Morgan fingerprint density at radius 2 is 1.80 bits per heavy atom. The van der Waals surface area contributed by atoms with Crippen LogP contribution in [-0.2, 0) is 19.1 Å². The first-order valence-electron chi connectivity index (χ1n) is 10.2. The molecule has 1 saturated heterocycles. The highest BCUT2D eigenvalue weighted by Gasteiger charge is 2.51. The highest BCUT2D eigenvalue weighted by Crippen LogP contribution is 2.41. The fraction of sp³-hybridized carbons (Fsp3) is 0.500. The van der Waals surface area contributed by atoms with Gasteiger partial charge in [-0.1, -0.05) is 6.07 Å². The molecule has 30 heavy (non-hydrogen) atoms. The predicted molar refractivity (Wildman–Crippen MR) is 107 cm³/mol. The Hall–Kier alpha value is -3.03. The van der Waals surface area contributed by atoms with Crippen LogP contribution < -0.4 is 14.8 Å². The molecule has 0 aromatic heterocycles. The van der Waals surface area contributed by atoms with E-state index in [0.717, 1.165) is 5.56 Å². The molecule has 3 aliphatic heterocycles. The van der Waals surface area contributed by atoms with Gasteiger partial charge in [-0.05, 0) is 31.5 Å². The van der Waals surface area contributed by atoms with E-state index in [9.17, 15) is 14.4 Å². The lowest BCUT2D eigenvalue weighted by Crippen LogP contribution is -2.50. The van der Waals surface area contributed by atoms with Crippen molar-refractivity contribution in [1.82, 2.24) is 10.2 Å². The third-order valence-corrected chi connectivity index (χ3v) is 6.08. The number of likely N-dealkylation sites (tertiary alicyclic amines) is 1. The molecule has 0 bridgehead atoms. The Balaban J connectivity index is 1.52. The van der Waals surface area contributed by atoms with Crippen LogP contribution >= 0.6 is 0 Å². The maximum Gasteiger partial charge on any atom is 0.335 e. The van der Waals surface area contributed by atoms with Gasteiger partial charge in [0.2, 0.25) is 5.91 Å². The van der Waals surface area contributed by atoms with Crippen molar-refractivity contribution in [2.75, 3.05) is 26.3 Å². The lowest BCUT2D eigenvalue weighted by atomic mass is 9.82. The van der Waals surface area contributed by atoms with Crippen molar-refractivity contribution in [3.8, 4) is 11.5 Å². The van der Waals surface area contributed by atoms with E-state index in [-0.39, 0.29) is 17.9 Å². The number of carbonyl (C=O) groups is 3. The van der Waals surface area contributed by atoms with E-state index in [0.29, 0.717) is 61.8 Å². The summed E-state index contributed by atoms with van der Waals surface area (Å²) in [6.45, 7) is 6.92. The van der Waals surface area contributed by atoms with Gasteiger partial charge in [0.15, 0.2) is 11.5 Å². The quantitative estimate of drug-likeness (QED) is 0.759. The monoisotopic (exact) mass is 414 g/mol. The maximum absolute atomic E-state index is 13.2. The highest BCUT2D eigenvalue weighted by molar-refractivity contribution is 6.07. The summed E-state index contributed by atoms with van der Waals surface area (Å²) < 4.78 is 16.8. The average molecular weight is 414 g/mol. The summed E-state index contributed by atoms with van der Waals surface area (Å²) in [6.07, 6.45) is 0.827. The van der Waals surface area contributed by atoms with Gasteiger partial charge in [-0.3, -0.25) is 9.59 Å². The second kappa shape index (κ2) is 7.66. The van der Waals surface area contributed by atoms with Gasteiger partial charge in [0, 0.05) is 38.4 Å². The van der Waals surface area contributed by atoms with Crippen LogP contribution in [0.15, 0.2) is 29.3 Å². The Morgan fingerprint density at radius 1 is 1.13 bits per heavy atom. The number of fused-ring (bicyclic) bond motifs is 1. The van der Waals surface area contributed by atoms with Gasteiger partial charge in [-0.25, -0.2) is 4.79 Å². The van der Waals surface area contributed by atoms with Gasteiger partial charge in [0.25, 0.3) is 5.91 Å². The van der Waals surface area contributed by atoms with Crippen LogP contribution in [0, 0.1) is 0 Å². The van der Waals surface area contributed by atoms with Crippen molar-refractivity contribution in [2.45, 2.75) is 45.3 Å². The molecule has 1 fully saturated rings. The molecule has 0 radical (unpaired) electrons. The molecule has 4 rings (SSSR count). The number of rotatable bonds is 3. The zero-order valence-corrected chi connectivity index (χ0v) is 17.4. The normalized spacial score (nSPS) is 20.8. The number of hydrogen-bond donors (Lipinski definition) is 1. The Labute approximate surface area is 175 Å². The molecule has 2 amide bonds. The minimum atomic E-state index is -0.969. The van der Waals surface area contributed by atoms with Crippen molar-refractivity contribution in [1.29, 1.82) is 0 Å². The van der Waals surface area contributed by atoms with Crippen LogP contribution in [0.2, 0.25) is 0 Å². The number of ether oxygens (including phenoxy) is 3. The van der Waals surface area contributed by atoms with E-state index < -0.39 is 11.6 Å². The second-order valence-corrected chi connectivity index (χ2v) is 7.99. The molecule has 3 heterocycles. The summed E-state index contributed by atoms with van der Waals surface area (Å²) in [5, 5.41) is 3.00. The molecule has 8 nitrogen and oxygen atoms in total. The standard InChI is InChI=1S/C22H26N2O6/c1-13-19(22(30-21(13)27)6-8-24(9-7-22)15(3)25)20(26)23-14(2)16-4-5-17-18(12-16)29-11-10-28-17/h4-5,12,14H,6-11H2,1-3H3,(H,23,26). The Morgan fingerprint density at radius 3 is 2.47 bits per heavy atom. The fourth-order valence-electron chi connectivity index (χ4n) is 4.34. The summed E-state index contributed by atoms with van der Waals surface area (Å²) in [5.74, 6) is 0.532. The van der Waals surface area contributed by atoms with E-state index in [1.807, 2.05) is 25.1 Å². The number of piperidine rings is 1. The first kappa shape index (κ1) is 20.3. The average Bonchev–Trinajstić information content (AvgIpc) is 2.97. The van der Waals surface area contributed by atoms with Gasteiger partial charge >= 0.3 is 5.97 Å². The molecule has 3 aliphatic rings. The number of esters is 1. The van der Waals surface area contributed by atoms with Crippen LogP contribution in [0.3, 0.4) is 0 Å². The van der Waals surface area contributed by atoms with E-state index in [1.165, 1.54) is 6.92 Å². The molecule has 0 saturated carbocycles. The molecule has 0 aliphatic carbocycles. The molecule has 1 aromatic rings. The number of nitrogens with one attached hydrogen (secondary N) is 1.